The Kier molecular flexibility index (Phi) is 6.12. The van der Waals surface area contributed by atoms with E-state index in [0.29, 0.717) is 5.69 Å². The number of hydrogen-bond acceptors (Lipinski definition) is 5. The van der Waals surface area contributed by atoms with E-state index in [-0.39, 0.29) is 10.5 Å². The number of nitrogens with one attached hydrogen (secondary N) is 2. The normalized spacial score (nSPS) is 11.0. The van der Waals surface area contributed by atoms with Crippen LogP contribution < -0.4 is 10.0 Å². The number of anilines is 1. The largest absolute Gasteiger partial charge is 0.452 e. The number of benzene rings is 2. The lowest BCUT2D eigenvalue weighted by Gasteiger charge is -2.11. The lowest BCUT2D eigenvalue weighted by molar-refractivity contribution is -0.119. The summed E-state index contributed by atoms with van der Waals surface area (Å²) in [5.74, 6) is -1.26. The molecule has 2 rings (SSSR count). The first-order valence-corrected chi connectivity index (χ1v) is 9.29. The molecule has 0 saturated heterocycles. The van der Waals surface area contributed by atoms with E-state index < -0.39 is 28.5 Å². The third-order valence-electron chi connectivity index (χ3n) is 3.73. The van der Waals surface area contributed by atoms with E-state index in [4.69, 9.17) is 4.74 Å². The molecule has 138 valence electrons. The molecular formula is C18H20N2O5S. The van der Waals surface area contributed by atoms with Gasteiger partial charge in [-0.25, -0.2) is 17.9 Å². The molecule has 0 bridgehead atoms. The first kappa shape index (κ1) is 19.6. The Morgan fingerprint density at radius 2 is 1.65 bits per heavy atom. The Hall–Kier alpha value is -2.71. The average Bonchev–Trinajstić information content (AvgIpc) is 2.63. The lowest BCUT2D eigenvalue weighted by atomic mass is 10.1. The Labute approximate surface area is 152 Å². The number of hydrogen-bond donors (Lipinski definition) is 2. The lowest BCUT2D eigenvalue weighted by Crippen LogP contribution is -2.22. The first-order chi connectivity index (χ1) is 12.2. The van der Waals surface area contributed by atoms with Gasteiger partial charge in [-0.3, -0.25) is 4.79 Å². The molecule has 1 amide bonds. The quantitative estimate of drug-likeness (QED) is 0.751. The maximum absolute atomic E-state index is 12.1. The Morgan fingerprint density at radius 3 is 2.27 bits per heavy atom. The van der Waals surface area contributed by atoms with Gasteiger partial charge in [0.1, 0.15) is 0 Å². The molecule has 2 aromatic carbocycles. The van der Waals surface area contributed by atoms with E-state index in [2.05, 4.69) is 10.0 Å². The van der Waals surface area contributed by atoms with Crippen molar-refractivity contribution in [3.63, 3.8) is 0 Å². The molecule has 0 fully saturated rings. The molecule has 0 unspecified atom stereocenters. The van der Waals surface area contributed by atoms with Crippen LogP contribution in [-0.4, -0.2) is 33.9 Å². The number of rotatable bonds is 6. The highest BCUT2D eigenvalue weighted by molar-refractivity contribution is 7.89. The van der Waals surface area contributed by atoms with Crippen molar-refractivity contribution in [2.45, 2.75) is 18.7 Å². The van der Waals surface area contributed by atoms with Crippen LogP contribution in [0, 0.1) is 13.8 Å². The maximum Gasteiger partial charge on any atom is 0.338 e. The number of carbonyl (C=O) groups excluding carboxylic acids is 2. The zero-order chi connectivity index (χ0) is 19.3. The second-order valence-corrected chi connectivity index (χ2v) is 7.51. The molecule has 0 aliphatic heterocycles. The van der Waals surface area contributed by atoms with Crippen molar-refractivity contribution >= 4 is 27.6 Å². The molecule has 0 saturated carbocycles. The van der Waals surface area contributed by atoms with Gasteiger partial charge in [-0.15, -0.1) is 0 Å². The van der Waals surface area contributed by atoms with Gasteiger partial charge in [0.2, 0.25) is 10.0 Å². The number of esters is 1. The van der Waals surface area contributed by atoms with Gasteiger partial charge in [0, 0.05) is 5.69 Å². The number of aryl methyl sites for hydroxylation is 2. The molecule has 0 heterocycles. The van der Waals surface area contributed by atoms with Gasteiger partial charge in [-0.1, -0.05) is 24.3 Å². The van der Waals surface area contributed by atoms with Gasteiger partial charge in [-0.2, -0.15) is 0 Å². The number of ether oxygens (including phenoxy) is 1. The molecular weight excluding hydrogens is 356 g/mol. The number of para-hydroxylation sites is 1. The van der Waals surface area contributed by atoms with Crippen LogP contribution in [0.5, 0.6) is 0 Å². The van der Waals surface area contributed by atoms with E-state index in [1.54, 1.807) is 0 Å². The van der Waals surface area contributed by atoms with Crippen molar-refractivity contribution < 1.29 is 22.7 Å². The van der Waals surface area contributed by atoms with Crippen molar-refractivity contribution in [3.8, 4) is 0 Å². The van der Waals surface area contributed by atoms with Crippen LogP contribution in [0.4, 0.5) is 5.69 Å². The summed E-state index contributed by atoms with van der Waals surface area (Å²) < 4.78 is 30.7. The van der Waals surface area contributed by atoms with Gasteiger partial charge >= 0.3 is 5.97 Å². The number of carbonyl (C=O) groups is 2. The van der Waals surface area contributed by atoms with Crippen molar-refractivity contribution in [2.24, 2.45) is 0 Å². The van der Waals surface area contributed by atoms with E-state index in [9.17, 15) is 18.0 Å². The molecule has 2 N–H and O–H groups in total. The highest BCUT2D eigenvalue weighted by atomic mass is 32.2. The van der Waals surface area contributed by atoms with Gasteiger partial charge in [-0.05, 0) is 50.2 Å². The highest BCUT2D eigenvalue weighted by Gasteiger charge is 2.16. The van der Waals surface area contributed by atoms with Crippen molar-refractivity contribution in [1.82, 2.24) is 4.72 Å². The molecule has 0 aliphatic carbocycles. The molecule has 26 heavy (non-hydrogen) atoms. The predicted octanol–water partition coefficient (Wildman–Crippen LogP) is 2.01. The summed E-state index contributed by atoms with van der Waals surface area (Å²) in [6.45, 7) is 3.25. The topological polar surface area (TPSA) is 102 Å². The molecule has 2 aromatic rings. The summed E-state index contributed by atoms with van der Waals surface area (Å²) in [6, 6.07) is 11.0. The van der Waals surface area contributed by atoms with Gasteiger partial charge < -0.3 is 10.1 Å². The molecule has 0 aromatic heterocycles. The zero-order valence-electron chi connectivity index (χ0n) is 14.7. The second kappa shape index (κ2) is 8.11. The van der Waals surface area contributed by atoms with Gasteiger partial charge in [0.25, 0.3) is 5.91 Å². The van der Waals surface area contributed by atoms with E-state index in [0.717, 1.165) is 11.1 Å². The maximum atomic E-state index is 12.1. The van der Waals surface area contributed by atoms with Gasteiger partial charge in [0.05, 0.1) is 10.5 Å². The third kappa shape index (κ3) is 4.68. The summed E-state index contributed by atoms with van der Waals surface area (Å²) in [5, 5.41) is 2.71. The van der Waals surface area contributed by atoms with Crippen LogP contribution >= 0.6 is 0 Å². The van der Waals surface area contributed by atoms with Crippen LogP contribution in [0.1, 0.15) is 21.5 Å². The Bertz CT molecular complexity index is 918. The van der Waals surface area contributed by atoms with Crippen LogP contribution in [0.2, 0.25) is 0 Å². The molecule has 8 heteroatoms. The van der Waals surface area contributed by atoms with Crippen molar-refractivity contribution in [1.29, 1.82) is 0 Å². The summed E-state index contributed by atoms with van der Waals surface area (Å²) in [5.41, 5.74) is 2.51. The second-order valence-electron chi connectivity index (χ2n) is 5.63. The average molecular weight is 376 g/mol. The monoisotopic (exact) mass is 376 g/mol. The zero-order valence-corrected chi connectivity index (χ0v) is 15.5. The molecule has 0 radical (unpaired) electrons. The Morgan fingerprint density at radius 1 is 1.04 bits per heavy atom. The number of amides is 1. The summed E-state index contributed by atoms with van der Waals surface area (Å²) in [6.07, 6.45) is 0. The van der Waals surface area contributed by atoms with Crippen LogP contribution in [0.15, 0.2) is 47.4 Å². The molecule has 0 spiro atoms. The van der Waals surface area contributed by atoms with E-state index in [1.807, 2.05) is 32.0 Å². The predicted molar refractivity (Wildman–Crippen MR) is 97.5 cm³/mol. The fourth-order valence-corrected chi connectivity index (χ4v) is 3.09. The molecule has 7 nitrogen and oxygen atoms in total. The summed E-state index contributed by atoms with van der Waals surface area (Å²) in [7, 11) is -2.40. The highest BCUT2D eigenvalue weighted by Crippen LogP contribution is 2.19. The molecule has 0 atom stereocenters. The number of sulfonamides is 1. The van der Waals surface area contributed by atoms with Crippen LogP contribution in [-0.2, 0) is 19.6 Å². The molecule has 0 aliphatic rings. The van der Waals surface area contributed by atoms with E-state index >= 15 is 0 Å². The first-order valence-electron chi connectivity index (χ1n) is 7.81. The standard InChI is InChI=1S/C18H20N2O5S/c1-12-6-4-7-13(2)17(12)20-16(21)11-25-18(22)14-8-5-9-15(10-14)26(23,24)19-3/h4-10,19H,11H2,1-3H3,(H,20,21). The Balaban J connectivity index is 2.03. The fraction of sp³-hybridized carbons (Fsp3) is 0.222. The summed E-state index contributed by atoms with van der Waals surface area (Å²) >= 11 is 0. The van der Waals surface area contributed by atoms with Crippen molar-refractivity contribution in [2.75, 3.05) is 19.0 Å². The van der Waals surface area contributed by atoms with Crippen molar-refractivity contribution in [3.05, 3.63) is 59.2 Å². The van der Waals surface area contributed by atoms with E-state index in [1.165, 1.54) is 31.3 Å². The smallest absolute Gasteiger partial charge is 0.338 e. The SMILES string of the molecule is CNS(=O)(=O)c1cccc(C(=O)OCC(=O)Nc2c(C)cccc2C)c1. The van der Waals surface area contributed by atoms with Gasteiger partial charge in [0.15, 0.2) is 6.61 Å². The summed E-state index contributed by atoms with van der Waals surface area (Å²) in [4.78, 5) is 24.1. The minimum atomic E-state index is -3.67. The third-order valence-corrected chi connectivity index (χ3v) is 5.14. The minimum Gasteiger partial charge on any atom is -0.452 e. The van der Waals surface area contributed by atoms with Crippen LogP contribution in [0.3, 0.4) is 0 Å². The minimum absolute atomic E-state index is 0.0428. The van der Waals surface area contributed by atoms with Crippen LogP contribution in [0.25, 0.3) is 0 Å². The fourth-order valence-electron chi connectivity index (χ4n) is 2.31.